The third kappa shape index (κ3) is 2.24. The second kappa shape index (κ2) is 4.55. The lowest BCUT2D eigenvalue weighted by atomic mass is 10.0. The molecule has 1 aromatic rings. The molecule has 1 aliphatic rings. The van der Waals surface area contributed by atoms with E-state index in [4.69, 9.17) is 10.5 Å². The van der Waals surface area contributed by atoms with E-state index in [9.17, 15) is 4.79 Å². The van der Waals surface area contributed by atoms with Gasteiger partial charge in [-0.05, 0) is 12.8 Å². The standard InChI is InChI=1S/C10H15N3O2/c11-4-8-5-12-9(13-10(8)14)7-2-1-3-15-6-7/h5,7H,1-4,6,11H2,(H,12,13,14). The minimum absolute atomic E-state index is 0.131. The Hall–Kier alpha value is -1.20. The molecule has 0 aromatic carbocycles. The third-order valence-electron chi connectivity index (χ3n) is 2.66. The van der Waals surface area contributed by atoms with E-state index >= 15 is 0 Å². The van der Waals surface area contributed by atoms with Crippen LogP contribution in [0.1, 0.15) is 30.1 Å². The maximum absolute atomic E-state index is 11.5. The van der Waals surface area contributed by atoms with Crippen molar-refractivity contribution in [2.75, 3.05) is 13.2 Å². The van der Waals surface area contributed by atoms with E-state index in [0.29, 0.717) is 12.2 Å². The summed E-state index contributed by atoms with van der Waals surface area (Å²) >= 11 is 0. The SMILES string of the molecule is NCc1cnc(C2CCCOC2)[nH]c1=O. The summed E-state index contributed by atoms with van der Waals surface area (Å²) in [5.41, 5.74) is 5.79. The van der Waals surface area contributed by atoms with Gasteiger partial charge in [0.2, 0.25) is 0 Å². The number of nitrogens with zero attached hydrogens (tertiary/aromatic N) is 1. The lowest BCUT2D eigenvalue weighted by Gasteiger charge is -2.20. The van der Waals surface area contributed by atoms with Crippen molar-refractivity contribution in [3.63, 3.8) is 0 Å². The van der Waals surface area contributed by atoms with Crippen molar-refractivity contribution in [2.24, 2.45) is 5.73 Å². The van der Waals surface area contributed by atoms with Gasteiger partial charge in [-0.2, -0.15) is 0 Å². The van der Waals surface area contributed by atoms with Crippen LogP contribution in [-0.2, 0) is 11.3 Å². The molecule has 0 aliphatic carbocycles. The van der Waals surface area contributed by atoms with E-state index < -0.39 is 0 Å². The molecule has 3 N–H and O–H groups in total. The third-order valence-corrected chi connectivity index (χ3v) is 2.66. The molecule has 0 bridgehead atoms. The zero-order valence-corrected chi connectivity index (χ0v) is 8.53. The minimum atomic E-state index is -0.131. The first-order valence-corrected chi connectivity index (χ1v) is 5.17. The molecule has 2 rings (SSSR count). The van der Waals surface area contributed by atoms with Crippen molar-refractivity contribution in [1.29, 1.82) is 0 Å². The molecule has 5 heteroatoms. The van der Waals surface area contributed by atoms with Gasteiger partial charge in [0.1, 0.15) is 5.82 Å². The number of nitrogens with two attached hydrogens (primary N) is 1. The molecule has 2 heterocycles. The number of rotatable bonds is 2. The van der Waals surface area contributed by atoms with Crippen LogP contribution in [0.5, 0.6) is 0 Å². The van der Waals surface area contributed by atoms with Gasteiger partial charge < -0.3 is 15.5 Å². The van der Waals surface area contributed by atoms with Crippen LogP contribution >= 0.6 is 0 Å². The molecule has 5 nitrogen and oxygen atoms in total. The van der Waals surface area contributed by atoms with Crippen LogP contribution in [0.15, 0.2) is 11.0 Å². The first kappa shape index (κ1) is 10.3. The lowest BCUT2D eigenvalue weighted by Crippen LogP contribution is -2.24. The zero-order valence-electron chi connectivity index (χ0n) is 8.53. The molecule has 1 aromatic heterocycles. The van der Waals surface area contributed by atoms with Gasteiger partial charge in [-0.25, -0.2) is 4.98 Å². The van der Waals surface area contributed by atoms with Crippen LogP contribution in [0.2, 0.25) is 0 Å². The maximum atomic E-state index is 11.5. The molecular weight excluding hydrogens is 194 g/mol. The van der Waals surface area contributed by atoms with Gasteiger partial charge in [0.05, 0.1) is 6.61 Å². The van der Waals surface area contributed by atoms with E-state index in [0.717, 1.165) is 25.3 Å². The van der Waals surface area contributed by atoms with Crippen LogP contribution in [0, 0.1) is 0 Å². The molecule has 0 radical (unpaired) electrons. The normalized spacial score (nSPS) is 21.5. The minimum Gasteiger partial charge on any atom is -0.381 e. The highest BCUT2D eigenvalue weighted by Crippen LogP contribution is 2.21. The highest BCUT2D eigenvalue weighted by Gasteiger charge is 2.18. The smallest absolute Gasteiger partial charge is 0.255 e. The Kier molecular flexibility index (Phi) is 3.13. The molecule has 82 valence electrons. The summed E-state index contributed by atoms with van der Waals surface area (Å²) < 4.78 is 5.35. The van der Waals surface area contributed by atoms with E-state index in [1.807, 2.05) is 0 Å². The van der Waals surface area contributed by atoms with E-state index in [2.05, 4.69) is 9.97 Å². The molecule has 15 heavy (non-hydrogen) atoms. The van der Waals surface area contributed by atoms with Gasteiger partial charge in [-0.3, -0.25) is 4.79 Å². The fourth-order valence-electron chi connectivity index (χ4n) is 1.74. The first-order chi connectivity index (χ1) is 7.31. The van der Waals surface area contributed by atoms with Crippen molar-refractivity contribution >= 4 is 0 Å². The highest BCUT2D eigenvalue weighted by atomic mass is 16.5. The first-order valence-electron chi connectivity index (χ1n) is 5.17. The number of H-pyrrole nitrogens is 1. The molecule has 0 spiro atoms. The zero-order chi connectivity index (χ0) is 10.7. The van der Waals surface area contributed by atoms with Crippen LogP contribution in [0.4, 0.5) is 0 Å². The van der Waals surface area contributed by atoms with E-state index in [1.165, 1.54) is 0 Å². The van der Waals surface area contributed by atoms with E-state index in [-0.39, 0.29) is 18.0 Å². The number of nitrogens with one attached hydrogen (secondary N) is 1. The molecule has 0 amide bonds. The number of aromatic amines is 1. The van der Waals surface area contributed by atoms with Gasteiger partial charge in [0, 0.05) is 30.8 Å². The largest absolute Gasteiger partial charge is 0.381 e. The second-order valence-electron chi connectivity index (χ2n) is 3.74. The van der Waals surface area contributed by atoms with Crippen LogP contribution in [0.3, 0.4) is 0 Å². The number of ether oxygens (including phenoxy) is 1. The summed E-state index contributed by atoms with van der Waals surface area (Å²) in [6.07, 6.45) is 3.60. The Balaban J connectivity index is 2.21. The fraction of sp³-hybridized carbons (Fsp3) is 0.600. The topological polar surface area (TPSA) is 81.0 Å². The summed E-state index contributed by atoms with van der Waals surface area (Å²) in [5, 5.41) is 0. The van der Waals surface area contributed by atoms with Crippen molar-refractivity contribution < 1.29 is 4.74 Å². The van der Waals surface area contributed by atoms with Crippen molar-refractivity contribution in [1.82, 2.24) is 9.97 Å². The monoisotopic (exact) mass is 209 g/mol. The van der Waals surface area contributed by atoms with Gasteiger partial charge in [-0.1, -0.05) is 0 Å². The van der Waals surface area contributed by atoms with Crippen LogP contribution in [-0.4, -0.2) is 23.2 Å². The number of hydrogen-bond donors (Lipinski definition) is 2. The predicted octanol–water partition coefficient (Wildman–Crippen LogP) is 0.123. The molecular formula is C10H15N3O2. The van der Waals surface area contributed by atoms with Crippen molar-refractivity contribution in [2.45, 2.75) is 25.3 Å². The quantitative estimate of drug-likeness (QED) is 0.725. The summed E-state index contributed by atoms with van der Waals surface area (Å²) in [5.74, 6) is 0.940. The summed E-state index contributed by atoms with van der Waals surface area (Å²) in [7, 11) is 0. The Labute approximate surface area is 87.7 Å². The predicted molar refractivity (Wildman–Crippen MR) is 55.5 cm³/mol. The van der Waals surface area contributed by atoms with E-state index in [1.54, 1.807) is 6.20 Å². The Bertz CT molecular complexity index is 382. The Morgan fingerprint density at radius 1 is 1.67 bits per heavy atom. The number of aromatic nitrogens is 2. The van der Waals surface area contributed by atoms with Crippen LogP contribution < -0.4 is 11.3 Å². The fourth-order valence-corrected chi connectivity index (χ4v) is 1.74. The Morgan fingerprint density at radius 2 is 2.53 bits per heavy atom. The van der Waals surface area contributed by atoms with Gasteiger partial charge in [-0.15, -0.1) is 0 Å². The average Bonchev–Trinajstić information content (AvgIpc) is 2.30. The van der Waals surface area contributed by atoms with Gasteiger partial charge in [0.15, 0.2) is 0 Å². The van der Waals surface area contributed by atoms with Crippen LogP contribution in [0.25, 0.3) is 0 Å². The molecule has 0 saturated carbocycles. The summed E-state index contributed by atoms with van der Waals surface area (Å²) in [6.45, 7) is 1.68. The maximum Gasteiger partial charge on any atom is 0.255 e. The van der Waals surface area contributed by atoms with Gasteiger partial charge in [0.25, 0.3) is 5.56 Å². The summed E-state index contributed by atoms with van der Waals surface area (Å²) in [6, 6.07) is 0. The summed E-state index contributed by atoms with van der Waals surface area (Å²) in [4.78, 5) is 18.5. The highest BCUT2D eigenvalue weighted by molar-refractivity contribution is 5.07. The lowest BCUT2D eigenvalue weighted by molar-refractivity contribution is 0.0779. The molecule has 1 unspecified atom stereocenters. The number of hydrogen-bond acceptors (Lipinski definition) is 4. The molecule has 1 fully saturated rings. The average molecular weight is 209 g/mol. The molecule has 1 atom stereocenters. The molecule has 1 saturated heterocycles. The molecule has 1 aliphatic heterocycles. The second-order valence-corrected chi connectivity index (χ2v) is 3.74. The van der Waals surface area contributed by atoms with Crippen molar-refractivity contribution in [3.05, 3.63) is 27.9 Å². The van der Waals surface area contributed by atoms with Crippen molar-refractivity contribution in [3.8, 4) is 0 Å². The Morgan fingerprint density at radius 3 is 3.13 bits per heavy atom. The van der Waals surface area contributed by atoms with Gasteiger partial charge >= 0.3 is 0 Å².